The van der Waals surface area contributed by atoms with Gasteiger partial charge in [0, 0.05) is 11.6 Å². The monoisotopic (exact) mass is 288 g/mol. The van der Waals surface area contributed by atoms with E-state index in [1.54, 1.807) is 0 Å². The molecule has 8 nitrogen and oxygen atoms in total. The predicted octanol–water partition coefficient (Wildman–Crippen LogP) is 1.12. The molecule has 1 atom stereocenters. The second-order valence-electron chi connectivity index (χ2n) is 3.89. The molecule has 2 N–H and O–H groups in total. The lowest BCUT2D eigenvalue weighted by Gasteiger charge is -2.11. The van der Waals surface area contributed by atoms with E-state index in [1.165, 1.54) is 19.1 Å². The molecule has 1 rings (SSSR count). The highest BCUT2D eigenvalue weighted by molar-refractivity contribution is 7.94. The van der Waals surface area contributed by atoms with E-state index in [-0.39, 0.29) is 11.4 Å². The number of nitro groups is 1. The number of sulfonamides is 1. The van der Waals surface area contributed by atoms with Crippen LogP contribution in [0.4, 0.5) is 11.4 Å². The van der Waals surface area contributed by atoms with E-state index in [9.17, 15) is 23.3 Å². The smallest absolute Gasteiger partial charge is 0.323 e. The summed E-state index contributed by atoms with van der Waals surface area (Å²) in [7, 11) is -4.14. The van der Waals surface area contributed by atoms with Crippen LogP contribution >= 0.6 is 0 Å². The Balaban J connectivity index is 3.11. The van der Waals surface area contributed by atoms with Crippen LogP contribution in [0.25, 0.3) is 0 Å². The van der Waals surface area contributed by atoms with Crippen LogP contribution in [-0.4, -0.2) is 29.7 Å². The Kier molecular flexibility index (Phi) is 4.10. The summed E-state index contributed by atoms with van der Waals surface area (Å²) in [6, 6.07) is 3.75. The van der Waals surface area contributed by atoms with Gasteiger partial charge in [-0.25, -0.2) is 8.42 Å². The highest BCUT2D eigenvalue weighted by atomic mass is 32.2. The summed E-state index contributed by atoms with van der Waals surface area (Å²) in [5.41, 5.74) is 0.0767. The molecule has 0 saturated heterocycles. The molecular weight excluding hydrogens is 276 g/mol. The zero-order chi connectivity index (χ0) is 14.8. The minimum atomic E-state index is -4.14. The third-order valence-electron chi connectivity index (χ3n) is 2.48. The summed E-state index contributed by atoms with van der Waals surface area (Å²) in [5.74, 6) is -1.51. The molecule has 0 fully saturated rings. The van der Waals surface area contributed by atoms with Crippen LogP contribution in [0.3, 0.4) is 0 Å². The molecule has 0 aliphatic carbocycles. The maximum Gasteiger partial charge on any atom is 0.323 e. The van der Waals surface area contributed by atoms with Gasteiger partial charge < -0.3 is 5.11 Å². The molecule has 1 unspecified atom stereocenters. The Labute approximate surface area is 109 Å². The molecule has 0 radical (unpaired) electrons. The Morgan fingerprint density at radius 3 is 2.53 bits per heavy atom. The number of anilines is 1. The van der Waals surface area contributed by atoms with Crippen molar-refractivity contribution in [3.8, 4) is 0 Å². The maximum absolute atomic E-state index is 11.6. The van der Waals surface area contributed by atoms with Crippen molar-refractivity contribution in [2.45, 2.75) is 19.1 Å². The number of aliphatic carboxylic acids is 1. The van der Waals surface area contributed by atoms with Gasteiger partial charge in [0.2, 0.25) is 10.0 Å². The van der Waals surface area contributed by atoms with Crippen molar-refractivity contribution in [3.05, 3.63) is 33.9 Å². The van der Waals surface area contributed by atoms with Gasteiger partial charge in [0.05, 0.1) is 10.6 Å². The maximum atomic E-state index is 11.6. The fourth-order valence-corrected chi connectivity index (χ4v) is 2.15. The van der Waals surface area contributed by atoms with Crippen LogP contribution in [0, 0.1) is 17.0 Å². The van der Waals surface area contributed by atoms with E-state index >= 15 is 0 Å². The summed E-state index contributed by atoms with van der Waals surface area (Å²) < 4.78 is 25.3. The highest BCUT2D eigenvalue weighted by Crippen LogP contribution is 2.23. The third kappa shape index (κ3) is 3.41. The molecule has 19 heavy (non-hydrogen) atoms. The molecule has 1 aromatic carbocycles. The van der Waals surface area contributed by atoms with E-state index in [4.69, 9.17) is 5.11 Å². The molecule has 0 bridgehead atoms. The van der Waals surface area contributed by atoms with Crippen molar-refractivity contribution >= 4 is 27.4 Å². The molecular formula is C10H12N2O6S. The quantitative estimate of drug-likeness (QED) is 0.617. The number of carboxylic acid groups (broad SMARTS) is 1. The van der Waals surface area contributed by atoms with Gasteiger partial charge in [-0.1, -0.05) is 6.07 Å². The number of carboxylic acids is 1. The number of hydrogen-bond acceptors (Lipinski definition) is 5. The molecule has 9 heteroatoms. The van der Waals surface area contributed by atoms with E-state index in [0.717, 1.165) is 13.0 Å². The van der Waals surface area contributed by atoms with Crippen molar-refractivity contribution in [1.82, 2.24) is 0 Å². The van der Waals surface area contributed by atoms with Crippen LogP contribution < -0.4 is 4.72 Å². The number of nitrogens with zero attached hydrogens (tertiary/aromatic N) is 1. The summed E-state index contributed by atoms with van der Waals surface area (Å²) in [6.07, 6.45) is 0. The van der Waals surface area contributed by atoms with E-state index in [1.807, 2.05) is 4.72 Å². The van der Waals surface area contributed by atoms with Gasteiger partial charge in [-0.3, -0.25) is 19.6 Å². The van der Waals surface area contributed by atoms with Crippen molar-refractivity contribution in [3.63, 3.8) is 0 Å². The predicted molar refractivity (Wildman–Crippen MR) is 67.5 cm³/mol. The number of nitrogens with one attached hydrogen (secondary N) is 1. The molecule has 0 heterocycles. The first-order valence-corrected chi connectivity index (χ1v) is 6.69. The number of rotatable bonds is 5. The van der Waals surface area contributed by atoms with Crippen molar-refractivity contribution in [2.24, 2.45) is 0 Å². The lowest BCUT2D eigenvalue weighted by Crippen LogP contribution is -2.32. The van der Waals surface area contributed by atoms with Gasteiger partial charge in [0.15, 0.2) is 5.25 Å². The molecule has 0 saturated carbocycles. The standard InChI is InChI=1S/C10H12N2O6S/c1-6-3-4-8(5-9(6)12(15)16)11-19(17,18)7(2)10(13)14/h3-5,7,11H,1-2H3,(H,13,14). The number of carbonyl (C=O) groups is 1. The van der Waals surface area contributed by atoms with Gasteiger partial charge in [0.1, 0.15) is 0 Å². The zero-order valence-electron chi connectivity index (χ0n) is 10.2. The summed E-state index contributed by atoms with van der Waals surface area (Å²) >= 11 is 0. The van der Waals surface area contributed by atoms with Crippen molar-refractivity contribution < 1.29 is 23.2 Å². The second-order valence-corrected chi connectivity index (χ2v) is 5.89. The van der Waals surface area contributed by atoms with Gasteiger partial charge in [-0.15, -0.1) is 0 Å². The molecule has 0 aromatic heterocycles. The minimum absolute atomic E-state index is 0.0506. The normalized spacial score (nSPS) is 12.7. The number of aryl methyl sites for hydroxylation is 1. The fraction of sp³-hybridized carbons (Fsp3) is 0.300. The molecule has 104 valence electrons. The molecule has 1 aromatic rings. The molecule has 0 aliphatic heterocycles. The molecule has 0 amide bonds. The topological polar surface area (TPSA) is 127 Å². The van der Waals surface area contributed by atoms with Crippen LogP contribution in [0.15, 0.2) is 18.2 Å². The zero-order valence-corrected chi connectivity index (χ0v) is 11.0. The van der Waals surface area contributed by atoms with Crippen LogP contribution in [0.5, 0.6) is 0 Å². The van der Waals surface area contributed by atoms with Crippen LogP contribution in [0.2, 0.25) is 0 Å². The Hall–Kier alpha value is -2.16. The number of nitro benzene ring substituents is 1. The summed E-state index contributed by atoms with van der Waals surface area (Å²) in [5, 5.41) is 17.7. The van der Waals surface area contributed by atoms with Gasteiger partial charge in [-0.2, -0.15) is 0 Å². The average molecular weight is 288 g/mol. The van der Waals surface area contributed by atoms with Crippen LogP contribution in [-0.2, 0) is 14.8 Å². The van der Waals surface area contributed by atoms with Gasteiger partial charge in [-0.05, 0) is 19.9 Å². The second kappa shape index (κ2) is 5.22. The Morgan fingerprint density at radius 2 is 2.05 bits per heavy atom. The average Bonchev–Trinajstić information content (AvgIpc) is 2.29. The van der Waals surface area contributed by atoms with E-state index in [0.29, 0.717) is 5.56 Å². The number of benzene rings is 1. The van der Waals surface area contributed by atoms with Gasteiger partial charge >= 0.3 is 5.97 Å². The SMILES string of the molecule is Cc1ccc(NS(=O)(=O)C(C)C(=O)O)cc1[N+](=O)[O-]. The summed E-state index contributed by atoms with van der Waals surface area (Å²) in [6.45, 7) is 2.52. The lowest BCUT2D eigenvalue weighted by molar-refractivity contribution is -0.385. The first-order chi connectivity index (χ1) is 8.65. The lowest BCUT2D eigenvalue weighted by atomic mass is 10.2. The van der Waals surface area contributed by atoms with Crippen LogP contribution in [0.1, 0.15) is 12.5 Å². The van der Waals surface area contributed by atoms with Crippen molar-refractivity contribution in [2.75, 3.05) is 4.72 Å². The third-order valence-corrected chi connectivity index (χ3v) is 4.13. The van der Waals surface area contributed by atoms with Crippen molar-refractivity contribution in [1.29, 1.82) is 0 Å². The largest absolute Gasteiger partial charge is 0.480 e. The summed E-state index contributed by atoms with van der Waals surface area (Å²) in [4.78, 5) is 20.7. The van der Waals surface area contributed by atoms with E-state index in [2.05, 4.69) is 0 Å². The Bertz CT molecular complexity index is 625. The molecule has 0 spiro atoms. The first-order valence-electron chi connectivity index (χ1n) is 5.14. The first kappa shape index (κ1) is 14.9. The minimum Gasteiger partial charge on any atom is -0.480 e. The highest BCUT2D eigenvalue weighted by Gasteiger charge is 2.28. The van der Waals surface area contributed by atoms with Gasteiger partial charge in [0.25, 0.3) is 5.69 Å². The Morgan fingerprint density at radius 1 is 1.47 bits per heavy atom. The fourth-order valence-electron chi connectivity index (χ4n) is 1.25. The number of hydrogen-bond donors (Lipinski definition) is 2. The van der Waals surface area contributed by atoms with E-state index < -0.39 is 26.2 Å². The molecule has 0 aliphatic rings.